The quantitative estimate of drug-likeness (QED) is 0.601. The van der Waals surface area contributed by atoms with E-state index in [1.165, 1.54) is 6.07 Å². The molecule has 0 N–H and O–H groups in total. The zero-order valence-corrected chi connectivity index (χ0v) is 9.77. The second-order valence-corrected chi connectivity index (χ2v) is 4.47. The first kappa shape index (κ1) is 11.4. The van der Waals surface area contributed by atoms with E-state index < -0.39 is 0 Å². The molecule has 0 saturated carbocycles. The molecule has 0 aliphatic heterocycles. The molecule has 0 spiro atoms. The van der Waals surface area contributed by atoms with Crippen molar-refractivity contribution >= 4 is 21.7 Å². The molecule has 0 fully saturated rings. The number of hydrogen-bond acceptors (Lipinski definition) is 1. The van der Waals surface area contributed by atoms with E-state index in [2.05, 4.69) is 15.9 Å². The van der Waals surface area contributed by atoms with Crippen LogP contribution in [-0.4, -0.2) is 10.6 Å². The Labute approximate surface area is 91.5 Å². The number of carbonyl (C=O) groups is 1. The van der Waals surface area contributed by atoms with Gasteiger partial charge in [0.05, 0.1) is 4.83 Å². The molecule has 3 heteroatoms. The summed E-state index contributed by atoms with van der Waals surface area (Å²) in [7, 11) is 0. The van der Waals surface area contributed by atoms with E-state index in [4.69, 9.17) is 0 Å². The molecule has 0 bridgehead atoms. The molecule has 0 aliphatic rings. The summed E-state index contributed by atoms with van der Waals surface area (Å²) in [6, 6.07) is 4.62. The molecule has 0 saturated heterocycles. The van der Waals surface area contributed by atoms with Gasteiger partial charge < -0.3 is 0 Å². The van der Waals surface area contributed by atoms with Crippen molar-refractivity contribution in [3.63, 3.8) is 0 Å². The highest BCUT2D eigenvalue weighted by Gasteiger charge is 2.17. The van der Waals surface area contributed by atoms with Crippen molar-refractivity contribution in [1.29, 1.82) is 0 Å². The first-order valence-electron chi connectivity index (χ1n) is 4.53. The van der Waals surface area contributed by atoms with E-state index in [0.29, 0.717) is 17.5 Å². The standard InChI is InChI=1S/C11H12BrFO/c1-3-8-9(11(14)7(2)12)5-4-6-10(8)13/h4-7H,3H2,1-2H3. The van der Waals surface area contributed by atoms with Crippen molar-refractivity contribution < 1.29 is 9.18 Å². The minimum Gasteiger partial charge on any atom is -0.293 e. The largest absolute Gasteiger partial charge is 0.293 e. The summed E-state index contributed by atoms with van der Waals surface area (Å²) in [5, 5.41) is 0. The van der Waals surface area contributed by atoms with Crippen LogP contribution < -0.4 is 0 Å². The molecule has 1 aromatic carbocycles. The molecule has 0 amide bonds. The lowest BCUT2D eigenvalue weighted by Crippen LogP contribution is -2.13. The van der Waals surface area contributed by atoms with Crippen LogP contribution in [0.2, 0.25) is 0 Å². The van der Waals surface area contributed by atoms with Crippen molar-refractivity contribution in [2.45, 2.75) is 25.1 Å². The highest BCUT2D eigenvalue weighted by atomic mass is 79.9. The van der Waals surface area contributed by atoms with Crippen LogP contribution in [0, 0.1) is 5.82 Å². The topological polar surface area (TPSA) is 17.1 Å². The lowest BCUT2D eigenvalue weighted by Gasteiger charge is -2.08. The maximum atomic E-state index is 13.3. The second-order valence-electron chi connectivity index (χ2n) is 3.10. The van der Waals surface area contributed by atoms with Gasteiger partial charge in [-0.3, -0.25) is 4.79 Å². The molecule has 0 radical (unpaired) electrons. The van der Waals surface area contributed by atoms with Crippen LogP contribution >= 0.6 is 15.9 Å². The summed E-state index contributed by atoms with van der Waals surface area (Å²) in [6.07, 6.45) is 0.535. The van der Waals surface area contributed by atoms with E-state index in [0.717, 1.165) is 0 Å². The normalized spacial score (nSPS) is 12.6. The number of benzene rings is 1. The van der Waals surface area contributed by atoms with Crippen molar-refractivity contribution in [1.82, 2.24) is 0 Å². The number of Topliss-reactive ketones (excluding diaryl/α,β-unsaturated/α-hetero) is 1. The molecule has 76 valence electrons. The van der Waals surface area contributed by atoms with Gasteiger partial charge in [-0.15, -0.1) is 0 Å². The van der Waals surface area contributed by atoms with Gasteiger partial charge in [-0.1, -0.05) is 35.0 Å². The van der Waals surface area contributed by atoms with Crippen LogP contribution in [-0.2, 0) is 6.42 Å². The molecule has 1 aromatic rings. The third kappa shape index (κ3) is 2.21. The predicted molar refractivity (Wildman–Crippen MR) is 58.5 cm³/mol. The summed E-state index contributed by atoms with van der Waals surface area (Å²) in [5.41, 5.74) is 0.987. The van der Waals surface area contributed by atoms with E-state index in [9.17, 15) is 9.18 Å². The molecular weight excluding hydrogens is 247 g/mol. The fourth-order valence-electron chi connectivity index (χ4n) is 1.36. The Balaban J connectivity index is 3.20. The highest BCUT2D eigenvalue weighted by molar-refractivity contribution is 9.10. The molecule has 0 heterocycles. The van der Waals surface area contributed by atoms with Crippen molar-refractivity contribution in [3.8, 4) is 0 Å². The smallest absolute Gasteiger partial charge is 0.176 e. The molecule has 14 heavy (non-hydrogen) atoms. The first-order valence-corrected chi connectivity index (χ1v) is 5.45. The lowest BCUT2D eigenvalue weighted by molar-refractivity contribution is 0.0994. The van der Waals surface area contributed by atoms with Gasteiger partial charge in [0.25, 0.3) is 0 Å². The molecule has 0 aromatic heterocycles. The Hall–Kier alpha value is -0.700. The third-order valence-corrected chi connectivity index (χ3v) is 2.51. The van der Waals surface area contributed by atoms with E-state index in [-0.39, 0.29) is 16.4 Å². The zero-order valence-electron chi connectivity index (χ0n) is 8.18. The van der Waals surface area contributed by atoms with Gasteiger partial charge in [-0.05, 0) is 25.0 Å². The van der Waals surface area contributed by atoms with E-state index in [1.54, 1.807) is 19.1 Å². The van der Waals surface area contributed by atoms with Crippen LogP contribution in [0.4, 0.5) is 4.39 Å². The predicted octanol–water partition coefficient (Wildman–Crippen LogP) is 3.35. The van der Waals surface area contributed by atoms with Crippen LogP contribution in [0.25, 0.3) is 0 Å². The Morgan fingerprint density at radius 1 is 1.57 bits per heavy atom. The van der Waals surface area contributed by atoms with Crippen molar-refractivity contribution in [2.24, 2.45) is 0 Å². The Bertz CT molecular complexity index is 347. The maximum absolute atomic E-state index is 13.3. The fourth-order valence-corrected chi connectivity index (χ4v) is 1.61. The van der Waals surface area contributed by atoms with Crippen LogP contribution in [0.5, 0.6) is 0 Å². The number of rotatable bonds is 3. The average molecular weight is 259 g/mol. The SMILES string of the molecule is CCc1c(F)cccc1C(=O)C(C)Br. The first-order chi connectivity index (χ1) is 6.57. The second kappa shape index (κ2) is 4.69. The Morgan fingerprint density at radius 3 is 2.71 bits per heavy atom. The van der Waals surface area contributed by atoms with Gasteiger partial charge >= 0.3 is 0 Å². The monoisotopic (exact) mass is 258 g/mol. The van der Waals surface area contributed by atoms with E-state index in [1.807, 2.05) is 6.92 Å². The number of carbonyl (C=O) groups excluding carboxylic acids is 1. The summed E-state index contributed by atoms with van der Waals surface area (Å²) >= 11 is 3.19. The summed E-state index contributed by atoms with van der Waals surface area (Å²) < 4.78 is 13.3. The Kier molecular flexibility index (Phi) is 3.81. The van der Waals surface area contributed by atoms with E-state index >= 15 is 0 Å². The van der Waals surface area contributed by atoms with Crippen molar-refractivity contribution in [2.75, 3.05) is 0 Å². The highest BCUT2D eigenvalue weighted by Crippen LogP contribution is 2.18. The number of hydrogen-bond donors (Lipinski definition) is 0. The maximum Gasteiger partial charge on any atom is 0.176 e. The van der Waals surface area contributed by atoms with Crippen LogP contribution in [0.1, 0.15) is 29.8 Å². The summed E-state index contributed by atoms with van der Waals surface area (Å²) in [6.45, 7) is 3.58. The third-order valence-electron chi connectivity index (χ3n) is 2.10. The van der Waals surface area contributed by atoms with Gasteiger partial charge in [-0.2, -0.15) is 0 Å². The molecule has 0 aliphatic carbocycles. The molecule has 1 nitrogen and oxygen atoms in total. The number of alkyl halides is 1. The van der Waals surface area contributed by atoms with Gasteiger partial charge in [0, 0.05) is 5.56 Å². The molecule has 1 rings (SSSR count). The van der Waals surface area contributed by atoms with Gasteiger partial charge in [0.1, 0.15) is 5.82 Å². The van der Waals surface area contributed by atoms with Gasteiger partial charge in [0.15, 0.2) is 5.78 Å². The molecule has 1 unspecified atom stereocenters. The molecule has 1 atom stereocenters. The number of halogens is 2. The minimum atomic E-state index is -0.300. The minimum absolute atomic E-state index is 0.0682. The summed E-state index contributed by atoms with van der Waals surface area (Å²) in [5.74, 6) is -0.368. The van der Waals surface area contributed by atoms with Crippen LogP contribution in [0.15, 0.2) is 18.2 Å². The van der Waals surface area contributed by atoms with Gasteiger partial charge in [-0.25, -0.2) is 4.39 Å². The fraction of sp³-hybridized carbons (Fsp3) is 0.364. The zero-order chi connectivity index (χ0) is 10.7. The lowest BCUT2D eigenvalue weighted by atomic mass is 10.00. The van der Waals surface area contributed by atoms with Crippen molar-refractivity contribution in [3.05, 3.63) is 35.1 Å². The number of ketones is 1. The Morgan fingerprint density at radius 2 is 2.21 bits per heavy atom. The average Bonchev–Trinajstić information content (AvgIpc) is 2.16. The molecular formula is C11H12BrFO. The van der Waals surface area contributed by atoms with Crippen LogP contribution in [0.3, 0.4) is 0 Å². The summed E-state index contributed by atoms with van der Waals surface area (Å²) in [4.78, 5) is 11.4. The van der Waals surface area contributed by atoms with Gasteiger partial charge in [0.2, 0.25) is 0 Å².